The fraction of sp³-hybridized carbons (Fsp3) is 0.571. The van der Waals surface area contributed by atoms with Crippen molar-refractivity contribution in [1.82, 2.24) is 10.2 Å². The Kier molecular flexibility index (Phi) is 6.80. The van der Waals surface area contributed by atoms with Crippen molar-refractivity contribution in [2.75, 3.05) is 14.1 Å². The number of aliphatic imine (C=N–C) groups is 2. The number of alkyl halides is 3. The molecule has 1 unspecified atom stereocenters. The number of allylic oxidation sites excluding steroid dienone is 1. The van der Waals surface area contributed by atoms with Gasteiger partial charge in [-0.1, -0.05) is 22.5 Å². The van der Waals surface area contributed by atoms with E-state index in [-0.39, 0.29) is 0 Å². The molecule has 1 saturated carbocycles. The van der Waals surface area contributed by atoms with E-state index < -0.39 is 18.2 Å². The summed E-state index contributed by atoms with van der Waals surface area (Å²) in [4.78, 5) is 8.40. The molecule has 0 aliphatic heterocycles. The lowest BCUT2D eigenvalue weighted by atomic mass is 10.2. The van der Waals surface area contributed by atoms with E-state index in [1.807, 2.05) is 0 Å². The average Bonchev–Trinajstić information content (AvgIpc) is 3.25. The minimum Gasteiger partial charge on any atom is -0.340 e. The van der Waals surface area contributed by atoms with Crippen LogP contribution in [-0.4, -0.2) is 43.9 Å². The third-order valence-electron chi connectivity index (χ3n) is 3.39. The average molecular weight is 381 g/mol. The van der Waals surface area contributed by atoms with Gasteiger partial charge < -0.3 is 10.2 Å². The van der Waals surface area contributed by atoms with Gasteiger partial charge in [-0.3, -0.25) is 4.99 Å². The van der Waals surface area contributed by atoms with Gasteiger partial charge in [0.15, 0.2) is 0 Å². The minimum absolute atomic E-state index is 0.324. The van der Waals surface area contributed by atoms with E-state index in [4.69, 9.17) is 0 Å². The van der Waals surface area contributed by atoms with E-state index in [0.717, 1.165) is 34.1 Å². The first kappa shape index (κ1) is 18.9. The molecule has 0 heterocycles. The van der Waals surface area contributed by atoms with Crippen molar-refractivity contribution in [2.45, 2.75) is 31.6 Å². The van der Waals surface area contributed by atoms with E-state index in [2.05, 4.69) is 44.5 Å². The van der Waals surface area contributed by atoms with Crippen LogP contribution in [-0.2, 0) is 0 Å². The summed E-state index contributed by atoms with van der Waals surface area (Å²) in [6, 6.07) is 0. The number of halogens is 4. The van der Waals surface area contributed by atoms with Gasteiger partial charge >= 0.3 is 6.18 Å². The maximum atomic E-state index is 13.1. The topological polar surface area (TPSA) is 40.0 Å². The monoisotopic (exact) mass is 380 g/mol. The largest absolute Gasteiger partial charge is 0.449 e. The zero-order valence-electron chi connectivity index (χ0n) is 12.6. The van der Waals surface area contributed by atoms with Crippen LogP contribution in [0.15, 0.2) is 32.9 Å². The summed E-state index contributed by atoms with van der Waals surface area (Å²) in [5.41, 5.74) is 0.822. The molecule has 124 valence electrons. The molecule has 0 saturated heterocycles. The molecular formula is C14H20BrF3N4. The number of nitrogens with zero attached hydrogens (tertiary/aromatic N) is 3. The van der Waals surface area contributed by atoms with Gasteiger partial charge in [-0.25, -0.2) is 4.99 Å². The zero-order valence-corrected chi connectivity index (χ0v) is 14.2. The molecule has 0 aromatic rings. The third kappa shape index (κ3) is 4.95. The summed E-state index contributed by atoms with van der Waals surface area (Å²) in [7, 11) is 2.94. The first-order valence-electron chi connectivity index (χ1n) is 6.77. The fourth-order valence-corrected chi connectivity index (χ4v) is 2.85. The lowest BCUT2D eigenvalue weighted by molar-refractivity contribution is -0.0699. The molecule has 1 rings (SSSR count). The van der Waals surface area contributed by atoms with Crippen molar-refractivity contribution in [1.29, 1.82) is 0 Å². The molecule has 0 aromatic heterocycles. The molecule has 1 N–H and O–H groups in total. The number of amidine groups is 1. The van der Waals surface area contributed by atoms with Crippen LogP contribution in [0.2, 0.25) is 0 Å². The molecule has 0 bridgehead atoms. The molecule has 0 spiro atoms. The van der Waals surface area contributed by atoms with Gasteiger partial charge in [0.2, 0.25) is 5.84 Å². The summed E-state index contributed by atoms with van der Waals surface area (Å²) in [5, 5.41) is 2.87. The number of rotatable bonds is 7. The molecule has 1 fully saturated rings. The number of hydrogen-bond acceptors (Lipinski definition) is 3. The molecule has 0 amide bonds. The highest BCUT2D eigenvalue weighted by Crippen LogP contribution is 2.40. The second kappa shape index (κ2) is 7.92. The molecule has 8 heteroatoms. The summed E-state index contributed by atoms with van der Waals surface area (Å²) in [5.74, 6) is -0.639. The molecule has 1 aliphatic rings. The Morgan fingerprint density at radius 2 is 2.09 bits per heavy atom. The smallest absolute Gasteiger partial charge is 0.340 e. The van der Waals surface area contributed by atoms with Gasteiger partial charge in [0.1, 0.15) is 0 Å². The van der Waals surface area contributed by atoms with E-state index in [0.29, 0.717) is 12.3 Å². The first-order valence-corrected chi connectivity index (χ1v) is 7.56. The highest BCUT2D eigenvalue weighted by atomic mass is 79.9. The quantitative estimate of drug-likeness (QED) is 0.415. The maximum absolute atomic E-state index is 13.1. The van der Waals surface area contributed by atoms with Crippen LogP contribution in [0.5, 0.6) is 0 Å². The van der Waals surface area contributed by atoms with E-state index in [9.17, 15) is 13.2 Å². The Morgan fingerprint density at radius 3 is 2.45 bits per heavy atom. The lowest BCUT2D eigenvalue weighted by Gasteiger charge is -2.31. The van der Waals surface area contributed by atoms with Crippen LogP contribution in [0.3, 0.4) is 0 Å². The fourth-order valence-electron chi connectivity index (χ4n) is 2.10. The second-order valence-corrected chi connectivity index (χ2v) is 5.93. The van der Waals surface area contributed by atoms with Gasteiger partial charge in [-0.15, -0.1) is 0 Å². The lowest BCUT2D eigenvalue weighted by Crippen LogP contribution is -2.50. The van der Waals surface area contributed by atoms with Gasteiger partial charge in [-0.05, 0) is 26.6 Å². The summed E-state index contributed by atoms with van der Waals surface area (Å²) in [6.07, 6.45) is -1.86. The summed E-state index contributed by atoms with van der Waals surface area (Å²) >= 11 is 3.43. The van der Waals surface area contributed by atoms with E-state index in [1.54, 1.807) is 7.05 Å². The Hall–Kier alpha value is -1.15. The molecule has 0 radical (unpaired) electrons. The Morgan fingerprint density at radius 1 is 1.50 bits per heavy atom. The van der Waals surface area contributed by atoms with Crippen LogP contribution in [0.1, 0.15) is 19.3 Å². The Labute approximate surface area is 137 Å². The van der Waals surface area contributed by atoms with E-state index in [1.165, 1.54) is 7.05 Å². The van der Waals surface area contributed by atoms with Crippen molar-refractivity contribution < 1.29 is 13.2 Å². The highest BCUT2D eigenvalue weighted by Gasteiger charge is 2.40. The number of hydrogen-bond donors (Lipinski definition) is 1. The molecule has 1 atom stereocenters. The molecular weight excluding hydrogens is 361 g/mol. The van der Waals surface area contributed by atoms with Crippen LogP contribution in [0.25, 0.3) is 0 Å². The standard InChI is InChI=1S/C14H20BrF3N4/c1-5-21-13(14(16,17)18)22(4)11(19-2)8-10(15)12(20-3)9-6-7-9/h5,9,11,19H,1,3,6-8H2,2,4H3/b12-10+,21-13?. The van der Waals surface area contributed by atoms with E-state index >= 15 is 0 Å². The normalized spacial score (nSPS) is 18.5. The first-order chi connectivity index (χ1) is 10.3. The molecule has 1 aliphatic carbocycles. The zero-order chi connectivity index (χ0) is 16.9. The van der Waals surface area contributed by atoms with Gasteiger partial charge in [0.25, 0.3) is 0 Å². The van der Waals surface area contributed by atoms with Crippen LogP contribution >= 0.6 is 15.9 Å². The highest BCUT2D eigenvalue weighted by molar-refractivity contribution is 9.11. The third-order valence-corrected chi connectivity index (χ3v) is 4.12. The van der Waals surface area contributed by atoms with Crippen molar-refractivity contribution in [3.8, 4) is 0 Å². The van der Waals surface area contributed by atoms with Crippen molar-refractivity contribution in [3.63, 3.8) is 0 Å². The predicted octanol–water partition coefficient (Wildman–Crippen LogP) is 3.68. The SMILES string of the molecule is C=CN=C(N(C)C(C/C(Br)=C(\N=C)C1CC1)NC)C(F)(F)F. The predicted molar refractivity (Wildman–Crippen MR) is 87.1 cm³/mol. The molecule has 0 aromatic carbocycles. The molecule has 4 nitrogen and oxygen atoms in total. The van der Waals surface area contributed by atoms with Crippen molar-refractivity contribution in [3.05, 3.63) is 23.0 Å². The van der Waals surface area contributed by atoms with Crippen LogP contribution in [0, 0.1) is 5.92 Å². The summed E-state index contributed by atoms with van der Waals surface area (Å²) < 4.78 is 39.9. The van der Waals surface area contributed by atoms with Crippen LogP contribution in [0.4, 0.5) is 13.2 Å². The Bertz CT molecular complexity index is 481. The minimum atomic E-state index is -4.55. The van der Waals surface area contributed by atoms with Crippen molar-refractivity contribution in [2.24, 2.45) is 15.9 Å². The molecule has 22 heavy (non-hydrogen) atoms. The van der Waals surface area contributed by atoms with Crippen LogP contribution < -0.4 is 5.32 Å². The van der Waals surface area contributed by atoms with Gasteiger partial charge in [0, 0.05) is 30.1 Å². The van der Waals surface area contributed by atoms with Crippen molar-refractivity contribution >= 4 is 28.5 Å². The summed E-state index contributed by atoms with van der Waals surface area (Å²) in [6.45, 7) is 6.78. The maximum Gasteiger partial charge on any atom is 0.449 e. The second-order valence-electron chi connectivity index (χ2n) is 4.98. The van der Waals surface area contributed by atoms with Gasteiger partial charge in [-0.2, -0.15) is 13.2 Å². The number of nitrogens with one attached hydrogen (secondary N) is 1. The Balaban J connectivity index is 2.97. The van der Waals surface area contributed by atoms with Gasteiger partial charge in [0.05, 0.1) is 11.9 Å².